The minimum absolute atomic E-state index is 0.145. The third-order valence-corrected chi connectivity index (χ3v) is 6.73. The molecule has 35 heavy (non-hydrogen) atoms. The van der Waals surface area contributed by atoms with Crippen LogP contribution in [0, 0.1) is 5.92 Å². The number of aromatic nitrogens is 5. The van der Waals surface area contributed by atoms with Crippen LogP contribution in [0.4, 0.5) is 0 Å². The SMILES string of the molecule is COc1ccc(Cn2nnnc2[C@@H](c2cc3ccc(OC)cc3[nH]c2=O)N2CCC[C@@H](C)C2)cc1. The summed E-state index contributed by atoms with van der Waals surface area (Å²) in [6, 6.07) is 15.1. The van der Waals surface area contributed by atoms with Crippen LogP contribution in [0.1, 0.15) is 42.8 Å². The molecule has 0 aliphatic carbocycles. The Kier molecular flexibility index (Phi) is 6.50. The van der Waals surface area contributed by atoms with Gasteiger partial charge in [0, 0.05) is 18.2 Å². The van der Waals surface area contributed by atoms with Crippen LogP contribution in [0.25, 0.3) is 10.9 Å². The van der Waals surface area contributed by atoms with Crippen LogP contribution < -0.4 is 15.0 Å². The Morgan fingerprint density at radius 1 is 1.09 bits per heavy atom. The average molecular weight is 475 g/mol. The molecule has 0 spiro atoms. The van der Waals surface area contributed by atoms with Gasteiger partial charge in [0.05, 0.1) is 26.3 Å². The van der Waals surface area contributed by atoms with Gasteiger partial charge in [-0.3, -0.25) is 9.69 Å². The third kappa shape index (κ3) is 4.77. The van der Waals surface area contributed by atoms with E-state index in [0.717, 1.165) is 41.7 Å². The summed E-state index contributed by atoms with van der Waals surface area (Å²) >= 11 is 0. The molecule has 0 radical (unpaired) electrons. The van der Waals surface area contributed by atoms with Gasteiger partial charge in [0.25, 0.3) is 5.56 Å². The molecular formula is C26H30N6O3. The summed E-state index contributed by atoms with van der Waals surface area (Å²) in [5.74, 6) is 2.69. The number of nitrogens with one attached hydrogen (secondary N) is 1. The van der Waals surface area contributed by atoms with E-state index in [-0.39, 0.29) is 11.6 Å². The van der Waals surface area contributed by atoms with Gasteiger partial charge in [0.1, 0.15) is 17.5 Å². The summed E-state index contributed by atoms with van der Waals surface area (Å²) in [6.45, 7) is 4.50. The first-order chi connectivity index (χ1) is 17.1. The molecule has 1 aliphatic heterocycles. The number of rotatable bonds is 7. The van der Waals surface area contributed by atoms with Gasteiger partial charge in [-0.15, -0.1) is 5.10 Å². The maximum Gasteiger partial charge on any atom is 0.253 e. The van der Waals surface area contributed by atoms with E-state index < -0.39 is 0 Å². The minimum Gasteiger partial charge on any atom is -0.497 e. The van der Waals surface area contributed by atoms with Crippen LogP contribution in [0.15, 0.2) is 53.3 Å². The highest BCUT2D eigenvalue weighted by Gasteiger charge is 2.32. The largest absolute Gasteiger partial charge is 0.497 e. The highest BCUT2D eigenvalue weighted by atomic mass is 16.5. The number of piperidine rings is 1. The van der Waals surface area contributed by atoms with Crippen molar-refractivity contribution in [1.82, 2.24) is 30.1 Å². The van der Waals surface area contributed by atoms with E-state index in [9.17, 15) is 4.79 Å². The van der Waals surface area contributed by atoms with Gasteiger partial charge in [-0.05, 0) is 77.0 Å². The Morgan fingerprint density at radius 3 is 2.60 bits per heavy atom. The van der Waals surface area contributed by atoms with Crippen molar-refractivity contribution in [3.05, 3.63) is 75.8 Å². The van der Waals surface area contributed by atoms with Crippen LogP contribution in [-0.4, -0.2) is 57.4 Å². The number of likely N-dealkylation sites (tertiary alicyclic amines) is 1. The van der Waals surface area contributed by atoms with Crippen molar-refractivity contribution >= 4 is 10.9 Å². The van der Waals surface area contributed by atoms with Crippen LogP contribution >= 0.6 is 0 Å². The molecule has 2 aromatic heterocycles. The Hall–Kier alpha value is -3.72. The molecule has 9 nitrogen and oxygen atoms in total. The number of nitrogens with zero attached hydrogens (tertiary/aromatic N) is 5. The molecule has 4 aromatic rings. The fourth-order valence-corrected chi connectivity index (χ4v) is 4.91. The molecule has 1 N–H and O–H groups in total. The molecular weight excluding hydrogens is 444 g/mol. The molecule has 3 heterocycles. The second-order valence-electron chi connectivity index (χ2n) is 9.19. The van der Waals surface area contributed by atoms with E-state index in [1.165, 1.54) is 6.42 Å². The molecule has 5 rings (SSSR count). The lowest BCUT2D eigenvalue weighted by Crippen LogP contribution is -2.41. The number of aromatic amines is 1. The standard InChI is InChI=1S/C26H30N6O3/c1-17-5-4-12-31(15-17)24(22-13-19-8-11-21(35-3)14-23(19)27-26(22)33)25-28-29-30-32(25)16-18-6-9-20(34-2)10-7-18/h6-11,13-14,17,24H,4-5,12,15-16H2,1-3H3,(H,27,33)/t17-,24-/m1/s1. The minimum atomic E-state index is -0.360. The van der Waals surface area contributed by atoms with Crippen molar-refractivity contribution in [3.63, 3.8) is 0 Å². The van der Waals surface area contributed by atoms with Crippen molar-refractivity contribution in [1.29, 1.82) is 0 Å². The fourth-order valence-electron chi connectivity index (χ4n) is 4.91. The van der Waals surface area contributed by atoms with E-state index in [2.05, 4.69) is 32.3 Å². The number of hydrogen-bond acceptors (Lipinski definition) is 7. The van der Waals surface area contributed by atoms with Gasteiger partial charge in [-0.1, -0.05) is 19.1 Å². The number of fused-ring (bicyclic) bond motifs is 1. The number of ether oxygens (including phenoxy) is 2. The normalized spacial score (nSPS) is 17.4. The van der Waals surface area contributed by atoms with Crippen LogP contribution in [0.5, 0.6) is 11.5 Å². The first kappa shape index (κ1) is 23.0. The van der Waals surface area contributed by atoms with Crippen molar-refractivity contribution in [2.45, 2.75) is 32.4 Å². The molecule has 0 bridgehead atoms. The van der Waals surface area contributed by atoms with Gasteiger partial charge < -0.3 is 14.5 Å². The molecule has 9 heteroatoms. The first-order valence-corrected chi connectivity index (χ1v) is 11.9. The highest BCUT2D eigenvalue weighted by Crippen LogP contribution is 2.31. The van der Waals surface area contributed by atoms with Gasteiger partial charge in [-0.25, -0.2) is 4.68 Å². The van der Waals surface area contributed by atoms with Crippen molar-refractivity contribution in [3.8, 4) is 11.5 Å². The Balaban J connectivity index is 1.58. The number of tetrazole rings is 1. The van der Waals surface area contributed by atoms with Gasteiger partial charge in [0.15, 0.2) is 5.82 Å². The zero-order valence-electron chi connectivity index (χ0n) is 20.3. The van der Waals surface area contributed by atoms with E-state index >= 15 is 0 Å². The Labute approximate surface area is 203 Å². The molecule has 2 aromatic carbocycles. The van der Waals surface area contributed by atoms with Gasteiger partial charge in [0.2, 0.25) is 0 Å². The predicted octanol–water partition coefficient (Wildman–Crippen LogP) is 3.40. The summed E-state index contributed by atoms with van der Waals surface area (Å²) < 4.78 is 12.4. The van der Waals surface area contributed by atoms with Gasteiger partial charge in [-0.2, -0.15) is 0 Å². The lowest BCUT2D eigenvalue weighted by atomic mass is 9.95. The Bertz CT molecular complexity index is 1360. The van der Waals surface area contributed by atoms with Crippen LogP contribution in [0.3, 0.4) is 0 Å². The smallest absolute Gasteiger partial charge is 0.253 e. The number of benzene rings is 2. The number of H-pyrrole nitrogens is 1. The summed E-state index contributed by atoms with van der Waals surface area (Å²) in [7, 11) is 3.26. The molecule has 2 atom stereocenters. The topological polar surface area (TPSA) is 98.2 Å². The lowest BCUT2D eigenvalue weighted by Gasteiger charge is -2.36. The Morgan fingerprint density at radius 2 is 1.86 bits per heavy atom. The summed E-state index contributed by atoms with van der Waals surface area (Å²) in [6.07, 6.45) is 2.24. The van der Waals surface area contributed by atoms with Crippen LogP contribution in [0.2, 0.25) is 0 Å². The number of pyridine rings is 1. The van der Waals surface area contributed by atoms with Crippen molar-refractivity contribution in [2.75, 3.05) is 27.3 Å². The average Bonchev–Trinajstić information content (AvgIpc) is 3.32. The maximum atomic E-state index is 13.4. The zero-order chi connectivity index (χ0) is 24.4. The lowest BCUT2D eigenvalue weighted by molar-refractivity contribution is 0.141. The quantitative estimate of drug-likeness (QED) is 0.438. The fraction of sp³-hybridized carbons (Fsp3) is 0.385. The zero-order valence-corrected chi connectivity index (χ0v) is 20.3. The monoisotopic (exact) mass is 474 g/mol. The van der Waals surface area contributed by atoms with E-state index in [1.54, 1.807) is 18.9 Å². The maximum absolute atomic E-state index is 13.4. The molecule has 1 fully saturated rings. The summed E-state index contributed by atoms with van der Waals surface area (Å²) in [5, 5.41) is 13.7. The summed E-state index contributed by atoms with van der Waals surface area (Å²) in [5.41, 5.74) is 2.28. The van der Waals surface area contributed by atoms with E-state index in [4.69, 9.17) is 9.47 Å². The van der Waals surface area contributed by atoms with Crippen molar-refractivity contribution in [2.24, 2.45) is 5.92 Å². The molecule has 1 aliphatic rings. The van der Waals surface area contributed by atoms with E-state index in [0.29, 0.717) is 29.6 Å². The molecule has 0 saturated carbocycles. The molecule has 182 valence electrons. The van der Waals surface area contributed by atoms with Crippen molar-refractivity contribution < 1.29 is 9.47 Å². The number of hydrogen-bond donors (Lipinski definition) is 1. The molecule has 1 saturated heterocycles. The second kappa shape index (κ2) is 9.87. The first-order valence-electron chi connectivity index (χ1n) is 11.9. The molecule has 0 amide bonds. The number of methoxy groups -OCH3 is 2. The molecule has 0 unspecified atom stereocenters. The van der Waals surface area contributed by atoms with Crippen LogP contribution in [-0.2, 0) is 6.54 Å². The second-order valence-corrected chi connectivity index (χ2v) is 9.19. The van der Waals surface area contributed by atoms with E-state index in [1.807, 2.05) is 48.5 Å². The highest BCUT2D eigenvalue weighted by molar-refractivity contribution is 5.80. The summed E-state index contributed by atoms with van der Waals surface area (Å²) in [4.78, 5) is 18.8. The van der Waals surface area contributed by atoms with Gasteiger partial charge >= 0.3 is 0 Å². The predicted molar refractivity (Wildman–Crippen MR) is 133 cm³/mol. The third-order valence-electron chi connectivity index (χ3n) is 6.73.